The van der Waals surface area contributed by atoms with Gasteiger partial charge in [-0.3, -0.25) is 19.3 Å². The van der Waals surface area contributed by atoms with Gasteiger partial charge in [-0.2, -0.15) is 50.5 Å². The maximum Gasteiger partial charge on any atom is 0.274 e. The summed E-state index contributed by atoms with van der Waals surface area (Å²) in [5, 5.41) is 2.25. The summed E-state index contributed by atoms with van der Waals surface area (Å²) in [6, 6.07) is -1.86. The average molecular weight is 503 g/mol. The van der Waals surface area contributed by atoms with Crippen molar-refractivity contribution in [2.24, 2.45) is 0 Å². The Morgan fingerprint density at radius 3 is 1.27 bits per heavy atom. The van der Waals surface area contributed by atoms with Gasteiger partial charge in [0.25, 0.3) is 11.8 Å². The van der Waals surface area contributed by atoms with E-state index in [0.717, 1.165) is 23.0 Å². The first kappa shape index (κ1) is 28.2. The first-order valence-electron chi connectivity index (χ1n) is 10.1. The van der Waals surface area contributed by atoms with E-state index in [-0.39, 0.29) is 26.4 Å². The number of ether oxygens (including phenoxy) is 2. The molecule has 2 atom stereocenters. The summed E-state index contributed by atoms with van der Waals surface area (Å²) in [4.78, 5) is 37.7. The van der Waals surface area contributed by atoms with Crippen LogP contribution in [-0.4, -0.2) is 96.7 Å². The molecular weight excluding hydrogens is 468 g/mol. The van der Waals surface area contributed by atoms with Gasteiger partial charge in [0.2, 0.25) is 0 Å². The van der Waals surface area contributed by atoms with Crippen LogP contribution >= 0.6 is 50.5 Å². The van der Waals surface area contributed by atoms with Crippen molar-refractivity contribution >= 4 is 62.3 Å². The zero-order valence-corrected chi connectivity index (χ0v) is 20.8. The first-order valence-corrected chi connectivity index (χ1v) is 12.7. The number of piperazine rings is 1. The van der Waals surface area contributed by atoms with E-state index in [2.05, 4.69) is 50.5 Å². The lowest BCUT2D eigenvalue weighted by molar-refractivity contribution is -0.262. The summed E-state index contributed by atoms with van der Waals surface area (Å²) in [5.74, 6) is 1.76. The summed E-state index contributed by atoms with van der Waals surface area (Å²) in [6.45, 7) is 1.43. The fraction of sp³-hybridized carbons (Fsp3) is 0.889. The number of carbonyl (C=O) groups is 2. The minimum atomic E-state index is -0.929. The van der Waals surface area contributed by atoms with Gasteiger partial charge >= 0.3 is 0 Å². The van der Waals surface area contributed by atoms with Gasteiger partial charge in [0, 0.05) is 13.2 Å². The predicted molar refractivity (Wildman–Crippen MR) is 129 cm³/mol. The summed E-state index contributed by atoms with van der Waals surface area (Å²) < 4.78 is 11.2. The summed E-state index contributed by atoms with van der Waals surface area (Å²) in [7, 11) is 0. The van der Waals surface area contributed by atoms with Gasteiger partial charge in [-0.15, -0.1) is 0 Å². The molecule has 2 unspecified atom stereocenters. The van der Waals surface area contributed by atoms with Crippen LogP contribution in [0, 0.1) is 0 Å². The Kier molecular flexibility index (Phi) is 16.6. The van der Waals surface area contributed by atoms with Crippen molar-refractivity contribution in [3.63, 3.8) is 0 Å². The topological polar surface area (TPSA) is 77.5 Å². The van der Waals surface area contributed by atoms with Crippen LogP contribution in [0.3, 0.4) is 0 Å². The molecule has 0 saturated carbocycles. The molecule has 0 N–H and O–H groups in total. The highest BCUT2D eigenvalue weighted by Crippen LogP contribution is 2.21. The van der Waals surface area contributed by atoms with E-state index in [4.69, 9.17) is 19.1 Å². The SMILES string of the molecule is O=C1C(COCCCS)N(OCCCS)C(=O)C(COCCCS)N1OCCCS. The summed E-state index contributed by atoms with van der Waals surface area (Å²) in [5.41, 5.74) is 0. The van der Waals surface area contributed by atoms with E-state index in [1.54, 1.807) is 0 Å². The molecule has 0 aliphatic carbocycles. The molecule has 1 aliphatic heterocycles. The number of hydrogen-bond acceptors (Lipinski definition) is 10. The fourth-order valence-corrected chi connectivity index (χ4v) is 3.08. The van der Waals surface area contributed by atoms with Gasteiger partial charge in [0.05, 0.1) is 26.4 Å². The summed E-state index contributed by atoms with van der Waals surface area (Å²) in [6.07, 6.45) is 2.75. The maximum atomic E-state index is 13.2. The minimum absolute atomic E-state index is 0.0128. The third kappa shape index (κ3) is 9.76. The largest absolute Gasteiger partial charge is 0.379 e. The number of rotatable bonds is 18. The summed E-state index contributed by atoms with van der Waals surface area (Å²) >= 11 is 16.6. The molecule has 1 fully saturated rings. The molecule has 1 heterocycles. The monoisotopic (exact) mass is 502 g/mol. The molecular formula is C18H34N2O6S4. The molecule has 8 nitrogen and oxygen atoms in total. The minimum Gasteiger partial charge on any atom is -0.379 e. The molecule has 1 saturated heterocycles. The van der Waals surface area contributed by atoms with Crippen LogP contribution in [0.25, 0.3) is 0 Å². The smallest absolute Gasteiger partial charge is 0.274 e. The van der Waals surface area contributed by atoms with Crippen LogP contribution in [0.15, 0.2) is 0 Å². The first-order chi connectivity index (χ1) is 14.6. The highest BCUT2D eigenvalue weighted by molar-refractivity contribution is 7.80. The second kappa shape index (κ2) is 17.7. The quantitative estimate of drug-likeness (QED) is 0.168. The lowest BCUT2D eigenvalue weighted by Crippen LogP contribution is -2.66. The van der Waals surface area contributed by atoms with Crippen LogP contribution < -0.4 is 0 Å². The number of hydroxylamine groups is 4. The third-order valence-electron chi connectivity index (χ3n) is 4.08. The zero-order valence-electron chi connectivity index (χ0n) is 17.2. The Morgan fingerprint density at radius 2 is 0.933 bits per heavy atom. The molecule has 0 spiro atoms. The van der Waals surface area contributed by atoms with Gasteiger partial charge < -0.3 is 9.47 Å². The number of amides is 2. The Bertz CT molecular complexity index is 450. The maximum absolute atomic E-state index is 13.2. The lowest BCUT2D eigenvalue weighted by Gasteiger charge is -2.42. The Hall–Kier alpha value is 0.180. The second-order valence-electron chi connectivity index (χ2n) is 6.48. The Balaban J connectivity index is 2.95. The Morgan fingerprint density at radius 1 is 0.600 bits per heavy atom. The van der Waals surface area contributed by atoms with Gasteiger partial charge in [-0.1, -0.05) is 0 Å². The van der Waals surface area contributed by atoms with Gasteiger partial charge in [0.15, 0.2) is 12.1 Å². The molecule has 0 aromatic rings. The molecule has 2 amide bonds. The van der Waals surface area contributed by atoms with Crippen molar-refractivity contribution in [3.05, 3.63) is 0 Å². The van der Waals surface area contributed by atoms with E-state index in [9.17, 15) is 9.59 Å². The molecule has 0 bridgehead atoms. The highest BCUT2D eigenvalue weighted by Gasteiger charge is 2.48. The molecule has 12 heteroatoms. The van der Waals surface area contributed by atoms with Gasteiger partial charge in [-0.25, -0.2) is 10.1 Å². The molecule has 0 radical (unpaired) electrons. The number of carbonyl (C=O) groups excluding carboxylic acids is 2. The zero-order chi connectivity index (χ0) is 22.2. The van der Waals surface area contributed by atoms with Gasteiger partial charge in [0.1, 0.15) is 0 Å². The second-order valence-corrected chi connectivity index (χ2v) is 8.27. The average Bonchev–Trinajstić information content (AvgIpc) is 2.74. The van der Waals surface area contributed by atoms with Crippen molar-refractivity contribution in [2.75, 3.05) is 62.7 Å². The molecule has 30 heavy (non-hydrogen) atoms. The van der Waals surface area contributed by atoms with Crippen molar-refractivity contribution in [1.82, 2.24) is 10.1 Å². The van der Waals surface area contributed by atoms with Crippen LogP contribution in [0.2, 0.25) is 0 Å². The van der Waals surface area contributed by atoms with Crippen molar-refractivity contribution < 1.29 is 28.7 Å². The van der Waals surface area contributed by atoms with Crippen LogP contribution in [0.4, 0.5) is 0 Å². The number of nitrogens with zero attached hydrogens (tertiary/aromatic N) is 2. The molecule has 0 aromatic heterocycles. The van der Waals surface area contributed by atoms with Crippen LogP contribution in [-0.2, 0) is 28.7 Å². The van der Waals surface area contributed by atoms with Crippen LogP contribution in [0.1, 0.15) is 25.7 Å². The van der Waals surface area contributed by atoms with E-state index in [0.29, 0.717) is 49.1 Å². The molecule has 176 valence electrons. The van der Waals surface area contributed by atoms with Crippen molar-refractivity contribution in [1.29, 1.82) is 0 Å². The third-order valence-corrected chi connectivity index (χ3v) is 5.35. The standard InChI is InChI=1S/C18H34N2O6S4/c21-17-15(13-23-5-1-9-27)19(25-7-3-11-29)18(22)16(14-24-6-2-10-28)20(17)26-8-4-12-30/h15-16,27-30H,1-14H2. The Labute approximate surface area is 201 Å². The van der Waals surface area contributed by atoms with E-state index in [1.807, 2.05) is 0 Å². The fourth-order valence-electron chi connectivity index (χ4n) is 2.56. The molecule has 1 rings (SSSR count). The van der Waals surface area contributed by atoms with E-state index in [1.165, 1.54) is 0 Å². The number of thiol groups is 4. The van der Waals surface area contributed by atoms with Crippen LogP contribution in [0.5, 0.6) is 0 Å². The van der Waals surface area contributed by atoms with Crippen molar-refractivity contribution in [2.45, 2.75) is 37.8 Å². The van der Waals surface area contributed by atoms with E-state index >= 15 is 0 Å². The van der Waals surface area contributed by atoms with E-state index < -0.39 is 23.9 Å². The number of hydrogen-bond donors (Lipinski definition) is 4. The van der Waals surface area contributed by atoms with Crippen molar-refractivity contribution in [3.8, 4) is 0 Å². The highest BCUT2D eigenvalue weighted by atomic mass is 32.1. The molecule has 0 aromatic carbocycles. The normalized spacial score (nSPS) is 19.7. The molecule has 1 aliphatic rings. The lowest BCUT2D eigenvalue weighted by atomic mass is 10.1. The van der Waals surface area contributed by atoms with Gasteiger partial charge in [-0.05, 0) is 48.7 Å². The predicted octanol–water partition coefficient (Wildman–Crippen LogP) is 1.57.